The molecule has 0 heterocycles. The van der Waals surface area contributed by atoms with Crippen molar-refractivity contribution in [1.29, 1.82) is 0 Å². The van der Waals surface area contributed by atoms with Gasteiger partial charge in [0.15, 0.2) is 0 Å². The molecule has 1 amide bonds. The summed E-state index contributed by atoms with van der Waals surface area (Å²) in [6.45, 7) is 3.85. The van der Waals surface area contributed by atoms with Crippen LogP contribution in [-0.2, 0) is 16.0 Å². The molecule has 0 aromatic heterocycles. The Labute approximate surface area is 231 Å². The molecule has 0 saturated carbocycles. The van der Waals surface area contributed by atoms with Crippen LogP contribution in [0.25, 0.3) is 0 Å². The van der Waals surface area contributed by atoms with Crippen LogP contribution in [0.4, 0.5) is 5.69 Å². The van der Waals surface area contributed by atoms with Gasteiger partial charge in [-0.3, -0.25) is 9.59 Å². The quantitative estimate of drug-likeness (QED) is 0.290. The van der Waals surface area contributed by atoms with E-state index in [2.05, 4.69) is 73.1 Å². The van der Waals surface area contributed by atoms with Gasteiger partial charge in [0, 0.05) is 17.1 Å². The van der Waals surface area contributed by atoms with E-state index in [1.165, 1.54) is 0 Å². The summed E-state index contributed by atoms with van der Waals surface area (Å²) in [4.78, 5) is 23.2. The summed E-state index contributed by atoms with van der Waals surface area (Å²) >= 11 is 6.65. The van der Waals surface area contributed by atoms with E-state index >= 15 is 0 Å². The number of carboxylic acid groups (broad SMARTS) is 1. The number of carbonyl (C=O) groups is 2. The summed E-state index contributed by atoms with van der Waals surface area (Å²) in [7, 11) is 0. The van der Waals surface area contributed by atoms with E-state index in [1.807, 2.05) is 19.9 Å². The summed E-state index contributed by atoms with van der Waals surface area (Å²) < 4.78 is 2.96. The predicted octanol–water partition coefficient (Wildman–Crippen LogP) is -0.875. The Balaban J connectivity index is -0.000000605. The molecular weight excluding hydrogens is 669 g/mol. The molecule has 1 aromatic rings. The van der Waals surface area contributed by atoms with Crippen molar-refractivity contribution in [2.24, 2.45) is 5.92 Å². The molecule has 0 radical (unpaired) electrons. The molecule has 0 aliphatic rings. The van der Waals surface area contributed by atoms with Gasteiger partial charge in [0.05, 0.1) is 11.6 Å². The van der Waals surface area contributed by atoms with Gasteiger partial charge in [0.2, 0.25) is 5.91 Å². The van der Waals surface area contributed by atoms with Gasteiger partial charge >= 0.3 is 65.1 Å². The molecular formula is C15H20I3NNa2O3. The van der Waals surface area contributed by atoms with Crippen LogP contribution in [0, 0.1) is 16.6 Å². The van der Waals surface area contributed by atoms with Gasteiger partial charge in [0.25, 0.3) is 0 Å². The molecule has 0 saturated heterocycles. The number of benzene rings is 1. The number of nitrogens with one attached hydrogen (secondary N) is 1. The zero-order valence-electron chi connectivity index (χ0n) is 16.4. The van der Waals surface area contributed by atoms with Gasteiger partial charge in [-0.15, -0.1) is 0 Å². The number of aliphatic carboxylic acids is 1. The van der Waals surface area contributed by atoms with Crippen LogP contribution < -0.4 is 64.4 Å². The van der Waals surface area contributed by atoms with Crippen molar-refractivity contribution in [3.63, 3.8) is 0 Å². The summed E-state index contributed by atoms with van der Waals surface area (Å²) in [5, 5.41) is 12.2. The van der Waals surface area contributed by atoms with E-state index in [0.29, 0.717) is 19.3 Å². The van der Waals surface area contributed by atoms with Gasteiger partial charge in [-0.1, -0.05) is 13.8 Å². The van der Waals surface area contributed by atoms with Crippen LogP contribution in [0.3, 0.4) is 0 Å². The van der Waals surface area contributed by atoms with Gasteiger partial charge < -0.3 is 13.3 Å². The molecule has 0 aliphatic carbocycles. The smallest absolute Gasteiger partial charge is 1.00 e. The molecule has 1 unspecified atom stereocenters. The van der Waals surface area contributed by atoms with E-state index in [9.17, 15) is 14.7 Å². The van der Waals surface area contributed by atoms with Gasteiger partial charge in [-0.25, -0.2) is 0 Å². The molecule has 24 heavy (non-hydrogen) atoms. The Hall–Kier alpha value is 2.35. The molecule has 126 valence electrons. The molecule has 9 heteroatoms. The molecule has 1 atom stereocenters. The first kappa shape index (κ1) is 28.6. The third-order valence-electron chi connectivity index (χ3n) is 3.30. The first-order valence-corrected chi connectivity index (χ1v) is 10.2. The van der Waals surface area contributed by atoms with Crippen molar-refractivity contribution in [3.8, 4) is 0 Å². The summed E-state index contributed by atoms with van der Waals surface area (Å²) in [5.74, 6) is -1.18. The summed E-state index contributed by atoms with van der Waals surface area (Å²) in [5.41, 5.74) is 1.80. The number of carboxylic acids is 1. The number of carbonyl (C=O) groups excluding carboxylic acids is 1. The van der Waals surface area contributed by atoms with Crippen LogP contribution in [0.2, 0.25) is 0 Å². The first-order chi connectivity index (χ1) is 10.3. The average molecular weight is 689 g/mol. The zero-order valence-corrected chi connectivity index (χ0v) is 24.9. The number of anilines is 1. The number of halogens is 3. The Morgan fingerprint density at radius 2 is 1.79 bits per heavy atom. The van der Waals surface area contributed by atoms with Crippen LogP contribution in [-0.4, -0.2) is 17.0 Å². The van der Waals surface area contributed by atoms with Crippen molar-refractivity contribution in [3.05, 3.63) is 22.3 Å². The van der Waals surface area contributed by atoms with E-state index in [1.54, 1.807) is 0 Å². The second-order valence-electron chi connectivity index (χ2n) is 4.95. The molecule has 2 N–H and O–H groups in total. The number of rotatable bonds is 7. The van der Waals surface area contributed by atoms with E-state index in [0.717, 1.165) is 28.4 Å². The fraction of sp³-hybridized carbons (Fsp3) is 0.467. The minimum Gasteiger partial charge on any atom is -1.00 e. The van der Waals surface area contributed by atoms with Gasteiger partial charge in [0.1, 0.15) is 0 Å². The second kappa shape index (κ2) is 14.4. The van der Waals surface area contributed by atoms with E-state index < -0.39 is 11.9 Å². The van der Waals surface area contributed by atoms with Crippen LogP contribution in [0.15, 0.2) is 6.07 Å². The van der Waals surface area contributed by atoms with E-state index in [4.69, 9.17) is 0 Å². The van der Waals surface area contributed by atoms with Crippen molar-refractivity contribution >= 4 is 85.3 Å². The number of hydrogen-bond acceptors (Lipinski definition) is 2. The largest absolute Gasteiger partial charge is 1.00 e. The predicted molar refractivity (Wildman–Crippen MR) is 115 cm³/mol. The maximum absolute atomic E-state index is 11.9. The Bertz CT molecular complexity index is 596. The topological polar surface area (TPSA) is 66.4 Å². The fourth-order valence-corrected chi connectivity index (χ4v) is 6.10. The van der Waals surface area contributed by atoms with Gasteiger partial charge in [-0.2, -0.15) is 0 Å². The van der Waals surface area contributed by atoms with Crippen molar-refractivity contribution in [1.82, 2.24) is 0 Å². The maximum Gasteiger partial charge on any atom is 1.00 e. The third-order valence-corrected chi connectivity index (χ3v) is 6.30. The normalized spacial score (nSPS) is 11.0. The maximum atomic E-state index is 11.9. The standard InChI is InChI=1S/C15H18I3NO3.2Na.2H/c1-3-5-12(20)19-14-11(17)7-10(16)9(13(14)18)6-8(4-2)15(21)22;;;;/h7-8H,3-6H2,1-2H3,(H,19,20)(H,21,22);;;;/q;2*+1;2*-1. The molecule has 4 nitrogen and oxygen atoms in total. The molecule has 0 aliphatic heterocycles. The molecule has 1 rings (SSSR count). The zero-order chi connectivity index (χ0) is 16.9. The number of amides is 1. The SMILES string of the molecule is CCCC(=O)Nc1c(I)cc(I)c(CC(CC)C(=O)O)c1I.[H-].[H-].[Na+].[Na+]. The van der Waals surface area contributed by atoms with Crippen LogP contribution >= 0.6 is 67.8 Å². The van der Waals surface area contributed by atoms with Crippen molar-refractivity contribution < 1.29 is 76.7 Å². The van der Waals surface area contributed by atoms with Crippen LogP contribution in [0.5, 0.6) is 0 Å². The second-order valence-corrected chi connectivity index (χ2v) is 8.36. The Morgan fingerprint density at radius 3 is 2.25 bits per heavy atom. The van der Waals surface area contributed by atoms with Crippen molar-refractivity contribution in [2.75, 3.05) is 5.32 Å². The Kier molecular flexibility index (Phi) is 17.1. The minimum atomic E-state index is -0.774. The molecule has 0 fully saturated rings. The molecule has 0 bridgehead atoms. The summed E-state index contributed by atoms with van der Waals surface area (Å²) in [6.07, 6.45) is 2.36. The first-order valence-electron chi connectivity index (χ1n) is 7.00. The molecule has 0 spiro atoms. The fourth-order valence-electron chi connectivity index (χ4n) is 2.01. The van der Waals surface area contributed by atoms with Gasteiger partial charge in [-0.05, 0) is 98.7 Å². The Morgan fingerprint density at radius 1 is 1.21 bits per heavy atom. The third kappa shape index (κ3) is 8.57. The summed E-state index contributed by atoms with van der Waals surface area (Å²) in [6, 6.07) is 1.99. The monoisotopic (exact) mass is 689 g/mol. The number of hydrogen-bond donors (Lipinski definition) is 2. The van der Waals surface area contributed by atoms with Crippen molar-refractivity contribution in [2.45, 2.75) is 39.5 Å². The van der Waals surface area contributed by atoms with E-state index in [-0.39, 0.29) is 67.9 Å². The van der Waals surface area contributed by atoms with Crippen LogP contribution in [0.1, 0.15) is 41.5 Å². The molecule has 1 aromatic carbocycles. The minimum absolute atomic E-state index is 0. The average Bonchev–Trinajstić information content (AvgIpc) is 2.43.